The van der Waals surface area contributed by atoms with Gasteiger partial charge in [-0.3, -0.25) is 9.52 Å². The topological polar surface area (TPSA) is 69.7 Å². The van der Waals surface area contributed by atoms with Crippen LogP contribution in [-0.4, -0.2) is 34.0 Å². The van der Waals surface area contributed by atoms with E-state index >= 15 is 0 Å². The summed E-state index contributed by atoms with van der Waals surface area (Å²) in [6.45, 7) is 6.34. The Morgan fingerprint density at radius 2 is 1.69 bits per heavy atom. The van der Waals surface area contributed by atoms with E-state index in [0.29, 0.717) is 12.2 Å². The molecule has 2 aliphatic rings. The maximum Gasteiger partial charge on any atom is 0.261 e. The number of hydrogen-bond donors (Lipinski definition) is 1. The number of sulfonamides is 1. The highest BCUT2D eigenvalue weighted by Gasteiger charge is 2.23. The lowest BCUT2D eigenvalue weighted by molar-refractivity contribution is -0.116. The Balaban J connectivity index is 1.58. The van der Waals surface area contributed by atoms with Crippen molar-refractivity contribution in [1.82, 2.24) is 0 Å². The van der Waals surface area contributed by atoms with Crippen LogP contribution in [0.1, 0.15) is 37.3 Å². The number of carbonyl (C=O) groups excluding carboxylic acids is 1. The molecule has 7 heteroatoms. The molecule has 2 heterocycles. The predicted octanol–water partition coefficient (Wildman–Crippen LogP) is 3.70. The highest BCUT2D eigenvalue weighted by Crippen LogP contribution is 2.31. The van der Waals surface area contributed by atoms with Crippen LogP contribution in [0.4, 0.5) is 17.1 Å². The van der Waals surface area contributed by atoms with Gasteiger partial charge in [0.2, 0.25) is 5.91 Å². The van der Waals surface area contributed by atoms with Gasteiger partial charge in [0.15, 0.2) is 0 Å². The molecule has 0 spiro atoms. The Bertz CT molecular complexity index is 1040. The van der Waals surface area contributed by atoms with Gasteiger partial charge in [0, 0.05) is 43.6 Å². The van der Waals surface area contributed by atoms with Crippen molar-refractivity contribution in [2.45, 2.75) is 44.4 Å². The summed E-state index contributed by atoms with van der Waals surface area (Å²) in [4.78, 5) is 16.1. The van der Waals surface area contributed by atoms with Crippen LogP contribution in [0.5, 0.6) is 0 Å². The molecule has 0 aliphatic carbocycles. The Labute approximate surface area is 172 Å². The highest BCUT2D eigenvalue weighted by molar-refractivity contribution is 7.92. The van der Waals surface area contributed by atoms with Crippen LogP contribution in [0.25, 0.3) is 0 Å². The smallest absolute Gasteiger partial charge is 0.261 e. The average molecular weight is 414 g/mol. The molecule has 4 rings (SSSR count). The van der Waals surface area contributed by atoms with E-state index < -0.39 is 10.0 Å². The van der Waals surface area contributed by atoms with Gasteiger partial charge in [-0.2, -0.15) is 0 Å². The minimum absolute atomic E-state index is 0.0201. The molecule has 0 radical (unpaired) electrons. The normalized spacial score (nSPS) is 16.6. The molecule has 154 valence electrons. The number of fused-ring (bicyclic) bond motifs is 1. The molecule has 2 aromatic carbocycles. The molecule has 0 saturated carbocycles. The number of hydrogen-bond acceptors (Lipinski definition) is 4. The van der Waals surface area contributed by atoms with Crippen LogP contribution in [0.2, 0.25) is 0 Å². The summed E-state index contributed by atoms with van der Waals surface area (Å²) in [6, 6.07) is 10.7. The second kappa shape index (κ2) is 7.71. The summed E-state index contributed by atoms with van der Waals surface area (Å²) in [6.07, 6.45) is 4.01. The van der Waals surface area contributed by atoms with E-state index in [1.807, 2.05) is 25.1 Å². The third-order valence-electron chi connectivity index (χ3n) is 5.76. The second-order valence-electron chi connectivity index (χ2n) is 7.87. The van der Waals surface area contributed by atoms with Gasteiger partial charge >= 0.3 is 0 Å². The van der Waals surface area contributed by atoms with Gasteiger partial charge in [0.05, 0.1) is 4.90 Å². The third kappa shape index (κ3) is 3.96. The summed E-state index contributed by atoms with van der Waals surface area (Å²) in [5, 5.41) is 0. The fourth-order valence-electron chi connectivity index (χ4n) is 4.31. The van der Waals surface area contributed by atoms with Gasteiger partial charge in [-0.15, -0.1) is 0 Å². The molecule has 1 saturated heterocycles. The van der Waals surface area contributed by atoms with E-state index in [1.165, 1.54) is 25.5 Å². The minimum atomic E-state index is -3.70. The number of benzene rings is 2. The van der Waals surface area contributed by atoms with Crippen molar-refractivity contribution in [3.05, 3.63) is 47.5 Å². The Hall–Kier alpha value is -2.54. The monoisotopic (exact) mass is 413 g/mol. The zero-order chi connectivity index (χ0) is 20.6. The largest absolute Gasteiger partial charge is 0.371 e. The van der Waals surface area contributed by atoms with Crippen LogP contribution in [0, 0.1) is 6.92 Å². The number of nitrogens with one attached hydrogen (secondary N) is 1. The molecule has 6 nitrogen and oxygen atoms in total. The van der Waals surface area contributed by atoms with E-state index in [2.05, 4.69) is 9.62 Å². The van der Waals surface area contributed by atoms with Crippen molar-refractivity contribution >= 4 is 33.0 Å². The number of nitrogens with zero attached hydrogens (tertiary/aromatic N) is 2. The first-order valence-electron chi connectivity index (χ1n) is 10.1. The van der Waals surface area contributed by atoms with Crippen LogP contribution in [-0.2, 0) is 21.2 Å². The molecule has 1 amide bonds. The molecule has 2 aliphatic heterocycles. The van der Waals surface area contributed by atoms with Gasteiger partial charge in [0.1, 0.15) is 0 Å². The molecule has 0 unspecified atom stereocenters. The molecule has 2 aromatic rings. The molecule has 0 aromatic heterocycles. The number of rotatable bonds is 4. The van der Waals surface area contributed by atoms with Crippen molar-refractivity contribution in [2.75, 3.05) is 34.2 Å². The highest BCUT2D eigenvalue weighted by atomic mass is 32.2. The maximum absolute atomic E-state index is 13.0. The van der Waals surface area contributed by atoms with Gasteiger partial charge in [-0.1, -0.05) is 0 Å². The van der Waals surface area contributed by atoms with Gasteiger partial charge < -0.3 is 9.80 Å². The first-order valence-corrected chi connectivity index (χ1v) is 11.6. The zero-order valence-corrected chi connectivity index (χ0v) is 17.8. The molecule has 1 fully saturated rings. The molecule has 1 N–H and O–H groups in total. The van der Waals surface area contributed by atoms with Crippen LogP contribution in [0.3, 0.4) is 0 Å². The van der Waals surface area contributed by atoms with Crippen molar-refractivity contribution in [3.63, 3.8) is 0 Å². The maximum atomic E-state index is 13.0. The molecular formula is C22H27N3O3S. The first kappa shape index (κ1) is 19.8. The fraction of sp³-hybridized carbons (Fsp3) is 0.409. The first-order chi connectivity index (χ1) is 13.8. The van der Waals surface area contributed by atoms with Crippen molar-refractivity contribution < 1.29 is 13.2 Å². The SMILES string of the molecule is CC(=O)N1CCCc2cc(S(=O)(=O)Nc3ccc(N4CCCC4)c(C)c3)ccc21. The number of carbonyl (C=O) groups is 1. The predicted molar refractivity (Wildman–Crippen MR) is 116 cm³/mol. The van der Waals surface area contributed by atoms with Crippen LogP contribution in [0.15, 0.2) is 41.3 Å². The van der Waals surface area contributed by atoms with Crippen LogP contribution < -0.4 is 14.5 Å². The average Bonchev–Trinajstić information content (AvgIpc) is 3.21. The fourth-order valence-corrected chi connectivity index (χ4v) is 5.41. The standard InChI is InChI=1S/C22H27N3O3S/c1-16-14-19(7-9-21(16)24-11-3-4-12-24)23-29(27,28)20-8-10-22-18(15-20)6-5-13-25(22)17(2)26/h7-10,14-15,23H,3-6,11-13H2,1-2H3. The third-order valence-corrected chi connectivity index (χ3v) is 7.13. The lowest BCUT2D eigenvalue weighted by atomic mass is 10.0. The number of amides is 1. The van der Waals surface area contributed by atoms with E-state index in [1.54, 1.807) is 23.1 Å². The molecular weight excluding hydrogens is 386 g/mol. The Morgan fingerprint density at radius 3 is 2.38 bits per heavy atom. The van der Waals surface area contributed by atoms with E-state index in [4.69, 9.17) is 0 Å². The number of aryl methyl sites for hydroxylation is 2. The summed E-state index contributed by atoms with van der Waals surface area (Å²) in [7, 11) is -3.70. The van der Waals surface area contributed by atoms with Crippen LogP contribution >= 0.6 is 0 Å². The van der Waals surface area contributed by atoms with Gasteiger partial charge in [0.25, 0.3) is 10.0 Å². The van der Waals surface area contributed by atoms with E-state index in [-0.39, 0.29) is 10.8 Å². The van der Waals surface area contributed by atoms with Gasteiger partial charge in [-0.05, 0) is 80.1 Å². The lowest BCUT2D eigenvalue weighted by Gasteiger charge is -2.28. The summed E-state index contributed by atoms with van der Waals surface area (Å²) < 4.78 is 28.6. The zero-order valence-electron chi connectivity index (χ0n) is 16.9. The second-order valence-corrected chi connectivity index (χ2v) is 9.55. The van der Waals surface area contributed by atoms with Gasteiger partial charge in [-0.25, -0.2) is 8.42 Å². The van der Waals surface area contributed by atoms with E-state index in [9.17, 15) is 13.2 Å². The quantitative estimate of drug-likeness (QED) is 0.830. The minimum Gasteiger partial charge on any atom is -0.371 e. The van der Waals surface area contributed by atoms with Crippen molar-refractivity contribution in [1.29, 1.82) is 0 Å². The Kier molecular flexibility index (Phi) is 5.25. The van der Waals surface area contributed by atoms with E-state index in [0.717, 1.165) is 42.7 Å². The molecule has 0 atom stereocenters. The Morgan fingerprint density at radius 1 is 0.966 bits per heavy atom. The summed E-state index contributed by atoms with van der Waals surface area (Å²) in [5.41, 5.74) is 4.51. The molecule has 29 heavy (non-hydrogen) atoms. The van der Waals surface area contributed by atoms with Crippen molar-refractivity contribution in [2.24, 2.45) is 0 Å². The number of anilines is 3. The lowest BCUT2D eigenvalue weighted by Crippen LogP contribution is -2.33. The summed E-state index contributed by atoms with van der Waals surface area (Å²) >= 11 is 0. The summed E-state index contributed by atoms with van der Waals surface area (Å²) in [5.74, 6) is -0.0201. The van der Waals surface area contributed by atoms with Crippen molar-refractivity contribution in [3.8, 4) is 0 Å². The molecule has 0 bridgehead atoms.